The number of thioether (sulfide) groups is 1. The van der Waals surface area contributed by atoms with Gasteiger partial charge in [0.25, 0.3) is 5.78 Å². The van der Waals surface area contributed by atoms with Crippen molar-refractivity contribution in [2.75, 3.05) is 11.5 Å². The Hall–Kier alpha value is -3.73. The summed E-state index contributed by atoms with van der Waals surface area (Å²) in [6.45, 7) is 2.54. The number of anilines is 1. The molecule has 1 aromatic heterocycles. The molecule has 4 aromatic rings. The van der Waals surface area contributed by atoms with Crippen LogP contribution in [0.1, 0.15) is 36.1 Å². The number of ether oxygens (including phenoxy) is 1. The molecule has 0 radical (unpaired) electrons. The monoisotopic (exact) mass is 595 g/mol. The van der Waals surface area contributed by atoms with Crippen molar-refractivity contribution in [2.24, 2.45) is 0 Å². The fraction of sp³-hybridized carbons (Fsp3) is 0.172. The maximum absolute atomic E-state index is 13.8. The number of halogens is 2. The number of Topliss-reactive ketones (excluding diaryl/α,β-unsaturated/α-hetero) is 1. The summed E-state index contributed by atoms with van der Waals surface area (Å²) >= 11 is 8.79. The molecule has 1 N–H and O–H groups in total. The number of aromatic nitrogens is 2. The molecule has 0 aliphatic carbocycles. The Morgan fingerprint density at radius 1 is 1.07 bits per heavy atom. The highest BCUT2D eigenvalue weighted by Gasteiger charge is 2.48. The van der Waals surface area contributed by atoms with Gasteiger partial charge in [-0.25, -0.2) is 4.39 Å². The summed E-state index contributed by atoms with van der Waals surface area (Å²) in [4.78, 5) is 27.9. The first-order valence-corrected chi connectivity index (χ1v) is 14.5. The van der Waals surface area contributed by atoms with Gasteiger partial charge in [0, 0.05) is 16.3 Å². The smallest absolute Gasteiger partial charge is 0.301 e. The largest absolute Gasteiger partial charge is 0.507 e. The molecule has 1 unspecified atom stereocenters. The number of carbonyl (C=O) groups is 2. The third kappa shape index (κ3) is 5.74. The zero-order valence-electron chi connectivity index (χ0n) is 21.2. The number of amides is 1. The van der Waals surface area contributed by atoms with Gasteiger partial charge in [0.2, 0.25) is 5.13 Å². The van der Waals surface area contributed by atoms with Crippen molar-refractivity contribution in [1.29, 1.82) is 0 Å². The molecule has 1 aliphatic rings. The van der Waals surface area contributed by atoms with Crippen LogP contribution in [0, 0.1) is 5.82 Å². The number of ketones is 1. The molecule has 7 nitrogen and oxygen atoms in total. The minimum Gasteiger partial charge on any atom is -0.507 e. The van der Waals surface area contributed by atoms with E-state index >= 15 is 0 Å². The number of nitrogens with zero attached hydrogens (tertiary/aromatic N) is 3. The fourth-order valence-electron chi connectivity index (χ4n) is 4.19. The average Bonchev–Trinajstić information content (AvgIpc) is 3.53. The Balaban J connectivity index is 1.51. The Kier molecular flexibility index (Phi) is 8.49. The van der Waals surface area contributed by atoms with Gasteiger partial charge in [0.05, 0.1) is 18.2 Å². The summed E-state index contributed by atoms with van der Waals surface area (Å²) in [5.74, 6) is -1.42. The first kappa shape index (κ1) is 27.8. The van der Waals surface area contributed by atoms with Crippen molar-refractivity contribution in [3.05, 3.63) is 106 Å². The summed E-state index contributed by atoms with van der Waals surface area (Å²) in [5.41, 5.74) is 1.57. The van der Waals surface area contributed by atoms with E-state index in [4.69, 9.17) is 16.3 Å². The summed E-state index contributed by atoms with van der Waals surface area (Å²) in [6, 6.07) is 18.4. The fourth-order valence-corrected chi connectivity index (χ4v) is 6.34. The molecule has 3 aromatic carbocycles. The lowest BCUT2D eigenvalue weighted by atomic mass is 9.95. The van der Waals surface area contributed by atoms with E-state index in [9.17, 15) is 19.1 Å². The third-order valence-corrected chi connectivity index (χ3v) is 8.62. The number of hydrogen-bond donors (Lipinski definition) is 1. The van der Waals surface area contributed by atoms with Crippen LogP contribution in [0.3, 0.4) is 0 Å². The molecule has 1 saturated heterocycles. The molecule has 0 bridgehead atoms. The Bertz CT molecular complexity index is 1570. The Labute approximate surface area is 243 Å². The summed E-state index contributed by atoms with van der Waals surface area (Å²) in [5, 5.41) is 20.5. The zero-order valence-corrected chi connectivity index (χ0v) is 23.6. The second-order valence-corrected chi connectivity index (χ2v) is 11.4. The van der Waals surface area contributed by atoms with Crippen LogP contribution in [-0.2, 0) is 15.3 Å². The van der Waals surface area contributed by atoms with E-state index < -0.39 is 23.5 Å². The number of aliphatic hydroxyl groups excluding tert-OH is 1. The number of benzene rings is 3. The molecule has 0 spiro atoms. The van der Waals surface area contributed by atoms with Crippen molar-refractivity contribution in [3.8, 4) is 5.75 Å². The molecule has 1 aliphatic heterocycles. The quantitative estimate of drug-likeness (QED) is 0.0729. The Morgan fingerprint density at radius 3 is 2.50 bits per heavy atom. The van der Waals surface area contributed by atoms with Gasteiger partial charge in [-0.15, -0.1) is 10.2 Å². The maximum Gasteiger partial charge on any atom is 0.301 e. The first-order chi connectivity index (χ1) is 19.4. The zero-order chi connectivity index (χ0) is 28.2. The molecular formula is C29H23ClFN3O4S2. The van der Waals surface area contributed by atoms with Crippen LogP contribution in [0.4, 0.5) is 9.52 Å². The first-order valence-electron chi connectivity index (χ1n) is 12.4. The Morgan fingerprint density at radius 2 is 1.80 bits per heavy atom. The minimum atomic E-state index is -1.04. The van der Waals surface area contributed by atoms with E-state index in [1.54, 1.807) is 30.3 Å². The van der Waals surface area contributed by atoms with Gasteiger partial charge in [-0.1, -0.05) is 72.0 Å². The van der Waals surface area contributed by atoms with Crippen LogP contribution < -0.4 is 9.64 Å². The van der Waals surface area contributed by atoms with Crippen molar-refractivity contribution in [3.63, 3.8) is 0 Å². The molecule has 204 valence electrons. The summed E-state index contributed by atoms with van der Waals surface area (Å²) in [6.07, 6.45) is 0.842. The predicted octanol–water partition coefficient (Wildman–Crippen LogP) is 7.04. The molecule has 0 saturated carbocycles. The molecule has 40 heavy (non-hydrogen) atoms. The highest BCUT2D eigenvalue weighted by atomic mass is 35.5. The van der Waals surface area contributed by atoms with Crippen LogP contribution in [0.5, 0.6) is 5.75 Å². The van der Waals surface area contributed by atoms with Crippen LogP contribution in [0.25, 0.3) is 5.76 Å². The van der Waals surface area contributed by atoms with Gasteiger partial charge in [-0.3, -0.25) is 14.5 Å². The molecular weight excluding hydrogens is 573 g/mol. The van der Waals surface area contributed by atoms with Crippen molar-refractivity contribution in [2.45, 2.75) is 29.5 Å². The van der Waals surface area contributed by atoms with E-state index in [1.807, 2.05) is 25.1 Å². The lowest BCUT2D eigenvalue weighted by Crippen LogP contribution is -2.29. The maximum atomic E-state index is 13.8. The second-order valence-electron chi connectivity index (χ2n) is 8.82. The van der Waals surface area contributed by atoms with Gasteiger partial charge < -0.3 is 9.84 Å². The van der Waals surface area contributed by atoms with E-state index in [0.717, 1.165) is 23.3 Å². The van der Waals surface area contributed by atoms with Gasteiger partial charge in [-0.2, -0.15) is 0 Å². The van der Waals surface area contributed by atoms with Crippen LogP contribution in [0.2, 0.25) is 5.02 Å². The lowest BCUT2D eigenvalue weighted by molar-refractivity contribution is -0.132. The topological polar surface area (TPSA) is 92.6 Å². The lowest BCUT2D eigenvalue weighted by Gasteiger charge is -2.22. The highest BCUT2D eigenvalue weighted by molar-refractivity contribution is 8.00. The number of carbonyl (C=O) groups excluding carboxylic acids is 2. The van der Waals surface area contributed by atoms with E-state index in [-0.39, 0.29) is 16.5 Å². The third-order valence-electron chi connectivity index (χ3n) is 6.14. The predicted molar refractivity (Wildman–Crippen MR) is 154 cm³/mol. The highest BCUT2D eigenvalue weighted by Crippen LogP contribution is 2.44. The van der Waals surface area contributed by atoms with E-state index in [2.05, 4.69) is 10.2 Å². The molecule has 11 heteroatoms. The number of hydrogen-bond acceptors (Lipinski definition) is 8. The SMILES string of the molecule is CCCOc1ccc(/C(O)=C2/C(=O)C(=O)N(c3nnc(SCc4ccccc4Cl)s3)C2c2ccc(F)cc2)cc1. The van der Waals surface area contributed by atoms with Gasteiger partial charge in [0.1, 0.15) is 17.3 Å². The van der Waals surface area contributed by atoms with Crippen LogP contribution >= 0.6 is 34.7 Å². The van der Waals surface area contributed by atoms with Crippen molar-refractivity contribution >= 4 is 57.3 Å². The van der Waals surface area contributed by atoms with E-state index in [1.165, 1.54) is 40.9 Å². The van der Waals surface area contributed by atoms with Gasteiger partial charge >= 0.3 is 5.91 Å². The average molecular weight is 596 g/mol. The standard InChI is InChI=1S/C29H23ClFN3O4S2/c1-2-15-38-21-13-9-18(10-14-21)25(35)23-24(17-7-11-20(31)12-8-17)34(27(37)26(23)36)28-32-33-29(40-28)39-16-19-5-3-4-6-22(19)30/h3-14,24,35H,2,15-16H2,1H3/b25-23-. The van der Waals surface area contributed by atoms with Crippen molar-refractivity contribution < 1.29 is 23.8 Å². The number of aliphatic hydroxyl groups is 1. The van der Waals surface area contributed by atoms with Gasteiger partial charge in [0.15, 0.2) is 4.34 Å². The summed E-state index contributed by atoms with van der Waals surface area (Å²) < 4.78 is 20.0. The number of rotatable bonds is 9. The minimum absolute atomic E-state index is 0.126. The second kappa shape index (κ2) is 12.2. The van der Waals surface area contributed by atoms with Crippen LogP contribution in [0.15, 0.2) is 82.7 Å². The molecule has 1 amide bonds. The van der Waals surface area contributed by atoms with E-state index in [0.29, 0.717) is 38.6 Å². The van der Waals surface area contributed by atoms with Crippen LogP contribution in [-0.4, -0.2) is 33.6 Å². The van der Waals surface area contributed by atoms with Gasteiger partial charge in [-0.05, 0) is 60.0 Å². The molecule has 5 rings (SSSR count). The molecule has 1 fully saturated rings. The van der Waals surface area contributed by atoms with Crippen molar-refractivity contribution in [1.82, 2.24) is 10.2 Å². The molecule has 1 atom stereocenters. The normalized spacial score (nSPS) is 16.5. The summed E-state index contributed by atoms with van der Waals surface area (Å²) in [7, 11) is 0. The molecule has 2 heterocycles.